The van der Waals surface area contributed by atoms with Crippen LogP contribution in [0.3, 0.4) is 0 Å². The number of hydrogen-bond donors (Lipinski definition) is 1. The maximum atomic E-state index is 12.7. The average Bonchev–Trinajstić information content (AvgIpc) is 2.42. The first-order valence-electron chi connectivity index (χ1n) is 7.88. The molecule has 0 bridgehead atoms. The summed E-state index contributed by atoms with van der Waals surface area (Å²) >= 11 is 0. The van der Waals surface area contributed by atoms with Gasteiger partial charge in [-0.15, -0.1) is 0 Å². The summed E-state index contributed by atoms with van der Waals surface area (Å²) in [4.78, 5) is 12.2. The summed E-state index contributed by atoms with van der Waals surface area (Å²) < 4.78 is 26.6. The van der Waals surface area contributed by atoms with Crippen molar-refractivity contribution in [2.45, 2.75) is 57.9 Å². The highest BCUT2D eigenvalue weighted by Gasteiger charge is 2.26. The lowest BCUT2D eigenvalue weighted by Crippen LogP contribution is -2.47. The van der Waals surface area contributed by atoms with Crippen LogP contribution >= 0.6 is 0 Å². The van der Waals surface area contributed by atoms with Gasteiger partial charge in [0.15, 0.2) is 0 Å². The van der Waals surface area contributed by atoms with Crippen molar-refractivity contribution in [1.29, 1.82) is 0 Å². The van der Waals surface area contributed by atoms with Crippen LogP contribution in [0.1, 0.15) is 53.0 Å². The topological polar surface area (TPSA) is 66.5 Å². The molecule has 1 amide bonds. The molecule has 0 unspecified atom stereocenters. The molecule has 0 aliphatic heterocycles. The minimum absolute atomic E-state index is 0.179. The first-order chi connectivity index (χ1) is 10.5. The number of benzene rings is 1. The molecule has 0 spiro atoms. The van der Waals surface area contributed by atoms with Gasteiger partial charge >= 0.3 is 0 Å². The van der Waals surface area contributed by atoms with Gasteiger partial charge in [-0.2, -0.15) is 4.31 Å². The number of rotatable bonds is 6. The fourth-order valence-corrected chi connectivity index (χ4v) is 3.56. The molecule has 0 aliphatic carbocycles. The molecule has 0 saturated heterocycles. The Morgan fingerprint density at radius 1 is 1.17 bits per heavy atom. The predicted octanol–water partition coefficient (Wildman–Crippen LogP) is 2.74. The molecule has 0 heterocycles. The van der Waals surface area contributed by atoms with Crippen molar-refractivity contribution in [1.82, 2.24) is 9.62 Å². The molecule has 130 valence electrons. The van der Waals surface area contributed by atoms with E-state index in [-0.39, 0.29) is 29.4 Å². The van der Waals surface area contributed by atoms with E-state index in [2.05, 4.69) is 19.2 Å². The summed E-state index contributed by atoms with van der Waals surface area (Å²) in [6.07, 6.45) is 0. The maximum absolute atomic E-state index is 12.7. The van der Waals surface area contributed by atoms with E-state index in [9.17, 15) is 13.2 Å². The Kier molecular flexibility index (Phi) is 6.36. The molecule has 1 aromatic carbocycles. The lowest BCUT2D eigenvalue weighted by molar-refractivity contribution is -0.122. The number of nitrogens with one attached hydrogen (secondary N) is 1. The smallest absolute Gasteiger partial charge is 0.243 e. The number of carbonyl (C=O) groups is 1. The molecular formula is C17H28N2O3S. The second-order valence-electron chi connectivity index (χ2n) is 6.95. The first-order valence-corrected chi connectivity index (χ1v) is 9.32. The van der Waals surface area contributed by atoms with Crippen molar-refractivity contribution in [2.24, 2.45) is 0 Å². The van der Waals surface area contributed by atoms with Crippen LogP contribution in [-0.2, 0) is 14.8 Å². The largest absolute Gasteiger partial charge is 0.350 e. The summed E-state index contributed by atoms with van der Waals surface area (Å²) in [5.41, 5.74) is 0.691. The number of nitrogens with zero attached hydrogens (tertiary/aromatic N) is 1. The van der Waals surface area contributed by atoms with Gasteiger partial charge in [-0.3, -0.25) is 4.79 Å². The van der Waals surface area contributed by atoms with Crippen LogP contribution in [0.5, 0.6) is 0 Å². The van der Waals surface area contributed by atoms with Crippen molar-refractivity contribution in [2.75, 3.05) is 13.1 Å². The number of amides is 1. The Labute approximate surface area is 140 Å². The van der Waals surface area contributed by atoms with Gasteiger partial charge in [0.05, 0.1) is 11.4 Å². The van der Waals surface area contributed by atoms with E-state index in [0.29, 0.717) is 5.92 Å². The molecular weight excluding hydrogens is 312 g/mol. The third-order valence-corrected chi connectivity index (χ3v) is 5.31. The Morgan fingerprint density at radius 2 is 1.70 bits per heavy atom. The van der Waals surface area contributed by atoms with Gasteiger partial charge in [-0.05, 0) is 44.4 Å². The van der Waals surface area contributed by atoms with Crippen LogP contribution in [0.25, 0.3) is 0 Å². The van der Waals surface area contributed by atoms with E-state index >= 15 is 0 Å². The summed E-state index contributed by atoms with van der Waals surface area (Å²) in [5, 5.41) is 2.79. The Hall–Kier alpha value is -1.40. The predicted molar refractivity (Wildman–Crippen MR) is 92.9 cm³/mol. The zero-order chi connectivity index (χ0) is 17.8. The molecule has 1 N–H and O–H groups in total. The third kappa shape index (κ3) is 5.62. The van der Waals surface area contributed by atoms with Gasteiger partial charge in [0.25, 0.3) is 0 Å². The van der Waals surface area contributed by atoms with Crippen molar-refractivity contribution in [3.8, 4) is 0 Å². The SMILES string of the molecule is CCN(CC(=O)NC(C)(C)C)S(=O)(=O)c1ccc(C(C)C)cc1. The fraction of sp³-hybridized carbons (Fsp3) is 0.588. The maximum Gasteiger partial charge on any atom is 0.243 e. The second kappa shape index (κ2) is 7.45. The zero-order valence-electron chi connectivity index (χ0n) is 14.9. The van der Waals surface area contributed by atoms with Crippen LogP contribution < -0.4 is 5.32 Å². The number of carbonyl (C=O) groups excluding carboxylic acids is 1. The number of sulfonamides is 1. The van der Waals surface area contributed by atoms with Gasteiger partial charge in [0, 0.05) is 12.1 Å². The number of likely N-dealkylation sites (N-methyl/N-ethyl adjacent to an activating group) is 1. The molecule has 0 radical (unpaired) electrons. The van der Waals surface area contributed by atoms with Crippen LogP contribution in [0.2, 0.25) is 0 Å². The molecule has 1 aromatic rings. The highest BCUT2D eigenvalue weighted by atomic mass is 32.2. The highest BCUT2D eigenvalue weighted by molar-refractivity contribution is 7.89. The molecule has 0 atom stereocenters. The molecule has 5 nitrogen and oxygen atoms in total. The minimum atomic E-state index is -3.67. The fourth-order valence-electron chi connectivity index (χ4n) is 2.16. The average molecular weight is 340 g/mol. The van der Waals surface area contributed by atoms with Crippen LogP contribution in [0.15, 0.2) is 29.2 Å². The van der Waals surface area contributed by atoms with Gasteiger partial charge in [-0.25, -0.2) is 8.42 Å². The van der Waals surface area contributed by atoms with Crippen molar-refractivity contribution in [3.05, 3.63) is 29.8 Å². The van der Waals surface area contributed by atoms with E-state index in [1.165, 1.54) is 4.31 Å². The van der Waals surface area contributed by atoms with E-state index in [4.69, 9.17) is 0 Å². The third-order valence-electron chi connectivity index (χ3n) is 3.37. The second-order valence-corrected chi connectivity index (χ2v) is 8.89. The Morgan fingerprint density at radius 3 is 2.09 bits per heavy atom. The van der Waals surface area contributed by atoms with Crippen molar-refractivity contribution < 1.29 is 13.2 Å². The van der Waals surface area contributed by atoms with E-state index in [0.717, 1.165) is 5.56 Å². The highest BCUT2D eigenvalue weighted by Crippen LogP contribution is 2.20. The quantitative estimate of drug-likeness (QED) is 0.866. The standard InChI is InChI=1S/C17H28N2O3S/c1-7-19(12-16(20)18-17(4,5)6)23(21,22)15-10-8-14(9-11-15)13(2)3/h8-11,13H,7,12H2,1-6H3,(H,18,20). The summed E-state index contributed by atoms with van der Waals surface area (Å²) in [7, 11) is -3.67. The van der Waals surface area contributed by atoms with E-state index < -0.39 is 10.0 Å². The van der Waals surface area contributed by atoms with Gasteiger partial charge in [0.1, 0.15) is 0 Å². The Balaban J connectivity index is 2.97. The Bertz CT molecular complexity index is 629. The normalized spacial score (nSPS) is 12.7. The molecule has 0 aromatic heterocycles. The van der Waals surface area contributed by atoms with Gasteiger partial charge in [0.2, 0.25) is 15.9 Å². The monoisotopic (exact) mass is 340 g/mol. The number of hydrogen-bond acceptors (Lipinski definition) is 3. The summed E-state index contributed by atoms with van der Waals surface area (Å²) in [6, 6.07) is 6.85. The molecule has 23 heavy (non-hydrogen) atoms. The summed E-state index contributed by atoms with van der Waals surface area (Å²) in [6.45, 7) is 11.5. The van der Waals surface area contributed by atoms with Crippen molar-refractivity contribution >= 4 is 15.9 Å². The zero-order valence-corrected chi connectivity index (χ0v) is 15.7. The van der Waals surface area contributed by atoms with Crippen molar-refractivity contribution in [3.63, 3.8) is 0 Å². The molecule has 0 fully saturated rings. The van der Waals surface area contributed by atoms with Gasteiger partial charge in [-0.1, -0.05) is 32.9 Å². The lowest BCUT2D eigenvalue weighted by atomic mass is 10.0. The molecule has 0 aliphatic rings. The van der Waals surface area contributed by atoms with Crippen LogP contribution in [0.4, 0.5) is 0 Å². The van der Waals surface area contributed by atoms with Gasteiger partial charge < -0.3 is 5.32 Å². The van der Waals surface area contributed by atoms with E-state index in [1.807, 2.05) is 32.9 Å². The lowest BCUT2D eigenvalue weighted by Gasteiger charge is -2.24. The summed E-state index contributed by atoms with van der Waals surface area (Å²) in [5.74, 6) is 0.0355. The molecule has 6 heteroatoms. The van der Waals surface area contributed by atoms with Crippen LogP contribution in [-0.4, -0.2) is 37.3 Å². The van der Waals surface area contributed by atoms with Crippen LogP contribution in [0, 0.1) is 0 Å². The minimum Gasteiger partial charge on any atom is -0.350 e. The van der Waals surface area contributed by atoms with E-state index in [1.54, 1.807) is 19.1 Å². The molecule has 0 saturated carbocycles. The molecule has 1 rings (SSSR count). The first kappa shape index (κ1) is 19.6.